The highest BCUT2D eigenvalue weighted by atomic mass is 16.5. The van der Waals surface area contributed by atoms with E-state index in [1.807, 2.05) is 6.92 Å². The van der Waals surface area contributed by atoms with Crippen molar-refractivity contribution in [3.8, 4) is 11.5 Å². The molecule has 1 atom stereocenters. The zero-order valence-electron chi connectivity index (χ0n) is 11.1. The number of carboxylic acid groups (broad SMARTS) is 1. The molecular formula is C13H19NO4. The maximum Gasteiger partial charge on any atom is 0.326 e. The standard InChI is InChI=1S/C13H19NO4/c1-5-14(9(2)13(15)16)11-8-10(17-3)6-7-12(11)18-4/h6-9H,5H2,1-4H3,(H,15,16). The van der Waals surface area contributed by atoms with Gasteiger partial charge in [-0.15, -0.1) is 0 Å². The molecule has 5 heteroatoms. The Kier molecular flexibility index (Phi) is 4.83. The van der Waals surface area contributed by atoms with Crippen LogP contribution in [-0.2, 0) is 4.79 Å². The van der Waals surface area contributed by atoms with E-state index >= 15 is 0 Å². The van der Waals surface area contributed by atoms with Gasteiger partial charge in [-0.1, -0.05) is 0 Å². The Balaban J connectivity index is 3.21. The molecular weight excluding hydrogens is 234 g/mol. The fourth-order valence-corrected chi connectivity index (χ4v) is 1.81. The molecule has 0 aliphatic carbocycles. The fourth-order valence-electron chi connectivity index (χ4n) is 1.81. The molecule has 0 saturated heterocycles. The van der Waals surface area contributed by atoms with Gasteiger partial charge in [0.05, 0.1) is 19.9 Å². The van der Waals surface area contributed by atoms with Gasteiger partial charge < -0.3 is 19.5 Å². The van der Waals surface area contributed by atoms with Gasteiger partial charge >= 0.3 is 5.97 Å². The van der Waals surface area contributed by atoms with Gasteiger partial charge in [0.15, 0.2) is 0 Å². The van der Waals surface area contributed by atoms with Crippen LogP contribution in [0.15, 0.2) is 18.2 Å². The molecule has 0 saturated carbocycles. The van der Waals surface area contributed by atoms with E-state index in [1.165, 1.54) is 0 Å². The van der Waals surface area contributed by atoms with Crippen LogP contribution in [0.3, 0.4) is 0 Å². The largest absolute Gasteiger partial charge is 0.497 e. The monoisotopic (exact) mass is 253 g/mol. The first kappa shape index (κ1) is 14.2. The van der Waals surface area contributed by atoms with E-state index in [0.29, 0.717) is 23.7 Å². The van der Waals surface area contributed by atoms with Crippen molar-refractivity contribution in [3.63, 3.8) is 0 Å². The topological polar surface area (TPSA) is 59.0 Å². The lowest BCUT2D eigenvalue weighted by Crippen LogP contribution is -2.39. The first-order chi connectivity index (χ1) is 8.54. The Hall–Kier alpha value is -1.91. The van der Waals surface area contributed by atoms with E-state index < -0.39 is 12.0 Å². The number of carboxylic acids is 1. The molecule has 1 aromatic rings. The van der Waals surface area contributed by atoms with Gasteiger partial charge in [0.2, 0.25) is 0 Å². The number of carbonyl (C=O) groups is 1. The number of likely N-dealkylation sites (N-methyl/N-ethyl adjacent to an activating group) is 1. The molecule has 0 aliphatic rings. The molecule has 0 bridgehead atoms. The van der Waals surface area contributed by atoms with E-state index in [9.17, 15) is 4.79 Å². The van der Waals surface area contributed by atoms with Crippen molar-refractivity contribution in [2.75, 3.05) is 25.7 Å². The lowest BCUT2D eigenvalue weighted by atomic mass is 10.2. The van der Waals surface area contributed by atoms with Crippen molar-refractivity contribution < 1.29 is 19.4 Å². The maximum atomic E-state index is 11.1. The maximum absolute atomic E-state index is 11.1. The molecule has 0 aliphatic heterocycles. The van der Waals surface area contributed by atoms with Crippen molar-refractivity contribution >= 4 is 11.7 Å². The van der Waals surface area contributed by atoms with Gasteiger partial charge in [0, 0.05) is 12.6 Å². The summed E-state index contributed by atoms with van der Waals surface area (Å²) in [5.41, 5.74) is 0.717. The fraction of sp³-hybridized carbons (Fsp3) is 0.462. The quantitative estimate of drug-likeness (QED) is 0.840. The van der Waals surface area contributed by atoms with Crippen LogP contribution in [0.1, 0.15) is 13.8 Å². The summed E-state index contributed by atoms with van der Waals surface area (Å²) < 4.78 is 10.4. The minimum absolute atomic E-state index is 0.566. The van der Waals surface area contributed by atoms with Gasteiger partial charge in [-0.2, -0.15) is 0 Å². The highest BCUT2D eigenvalue weighted by Crippen LogP contribution is 2.33. The number of hydrogen-bond acceptors (Lipinski definition) is 4. The Morgan fingerprint density at radius 3 is 2.50 bits per heavy atom. The molecule has 0 spiro atoms. The Morgan fingerprint density at radius 2 is 2.06 bits per heavy atom. The van der Waals surface area contributed by atoms with Crippen molar-refractivity contribution in [2.45, 2.75) is 19.9 Å². The second kappa shape index (κ2) is 6.14. The van der Waals surface area contributed by atoms with Crippen molar-refractivity contribution in [1.29, 1.82) is 0 Å². The van der Waals surface area contributed by atoms with Gasteiger partial charge in [-0.25, -0.2) is 4.79 Å². The Morgan fingerprint density at radius 1 is 1.39 bits per heavy atom. The average molecular weight is 253 g/mol. The van der Waals surface area contributed by atoms with E-state index in [0.717, 1.165) is 0 Å². The second-order valence-corrected chi connectivity index (χ2v) is 3.84. The van der Waals surface area contributed by atoms with Crippen LogP contribution in [0.25, 0.3) is 0 Å². The molecule has 5 nitrogen and oxygen atoms in total. The Labute approximate surface area is 107 Å². The van der Waals surface area contributed by atoms with Crippen LogP contribution in [-0.4, -0.2) is 37.9 Å². The zero-order chi connectivity index (χ0) is 13.7. The van der Waals surface area contributed by atoms with Crippen LogP contribution in [0.2, 0.25) is 0 Å². The van der Waals surface area contributed by atoms with Crippen molar-refractivity contribution in [1.82, 2.24) is 0 Å². The number of nitrogens with zero attached hydrogens (tertiary/aromatic N) is 1. The first-order valence-electron chi connectivity index (χ1n) is 5.76. The van der Waals surface area contributed by atoms with Crippen molar-refractivity contribution in [2.24, 2.45) is 0 Å². The van der Waals surface area contributed by atoms with Crippen LogP contribution in [0.5, 0.6) is 11.5 Å². The van der Waals surface area contributed by atoms with Crippen LogP contribution < -0.4 is 14.4 Å². The van der Waals surface area contributed by atoms with Crippen LogP contribution in [0.4, 0.5) is 5.69 Å². The third kappa shape index (κ3) is 2.85. The molecule has 1 unspecified atom stereocenters. The number of benzene rings is 1. The SMILES string of the molecule is CCN(c1cc(OC)ccc1OC)C(C)C(=O)O. The van der Waals surface area contributed by atoms with E-state index in [1.54, 1.807) is 44.2 Å². The molecule has 1 aromatic carbocycles. The van der Waals surface area contributed by atoms with Gasteiger partial charge in [-0.05, 0) is 26.0 Å². The summed E-state index contributed by atoms with van der Waals surface area (Å²) in [5.74, 6) is 0.425. The summed E-state index contributed by atoms with van der Waals surface area (Å²) in [4.78, 5) is 12.9. The summed E-state index contributed by atoms with van der Waals surface area (Å²) in [5, 5.41) is 9.12. The molecule has 1 rings (SSSR count). The van der Waals surface area contributed by atoms with E-state index in [-0.39, 0.29) is 0 Å². The average Bonchev–Trinajstić information content (AvgIpc) is 2.39. The molecule has 0 aromatic heterocycles. The minimum atomic E-state index is -0.873. The summed E-state index contributed by atoms with van der Waals surface area (Å²) >= 11 is 0. The first-order valence-corrected chi connectivity index (χ1v) is 5.76. The highest BCUT2D eigenvalue weighted by molar-refractivity contribution is 5.79. The van der Waals surface area contributed by atoms with Crippen LogP contribution in [0, 0.1) is 0 Å². The molecule has 0 radical (unpaired) electrons. The minimum Gasteiger partial charge on any atom is -0.497 e. The number of hydrogen-bond donors (Lipinski definition) is 1. The third-order valence-corrected chi connectivity index (χ3v) is 2.86. The van der Waals surface area contributed by atoms with Gasteiger partial charge in [0.25, 0.3) is 0 Å². The summed E-state index contributed by atoms with van der Waals surface area (Å²) in [6.45, 7) is 4.11. The number of methoxy groups -OCH3 is 2. The predicted molar refractivity (Wildman–Crippen MR) is 69.7 cm³/mol. The lowest BCUT2D eigenvalue weighted by molar-refractivity contribution is -0.138. The van der Waals surface area contributed by atoms with E-state index in [4.69, 9.17) is 14.6 Å². The summed E-state index contributed by atoms with van der Waals surface area (Å²) in [6.07, 6.45) is 0. The molecule has 1 N–H and O–H groups in total. The van der Waals surface area contributed by atoms with Gasteiger partial charge in [0.1, 0.15) is 17.5 Å². The van der Waals surface area contributed by atoms with Crippen molar-refractivity contribution in [3.05, 3.63) is 18.2 Å². The number of aliphatic carboxylic acids is 1. The molecule has 0 amide bonds. The Bertz CT molecular complexity index is 419. The van der Waals surface area contributed by atoms with E-state index in [2.05, 4.69) is 0 Å². The number of rotatable bonds is 6. The highest BCUT2D eigenvalue weighted by Gasteiger charge is 2.22. The molecule has 100 valence electrons. The second-order valence-electron chi connectivity index (χ2n) is 3.84. The zero-order valence-corrected chi connectivity index (χ0v) is 11.1. The van der Waals surface area contributed by atoms with Crippen LogP contribution >= 0.6 is 0 Å². The number of anilines is 1. The normalized spacial score (nSPS) is 11.8. The predicted octanol–water partition coefficient (Wildman–Crippen LogP) is 2.00. The molecule has 18 heavy (non-hydrogen) atoms. The summed E-state index contributed by atoms with van der Waals surface area (Å²) in [7, 11) is 3.13. The van der Waals surface area contributed by atoms with Gasteiger partial charge in [-0.3, -0.25) is 0 Å². The number of ether oxygens (including phenoxy) is 2. The molecule has 0 fully saturated rings. The summed E-state index contributed by atoms with van der Waals surface area (Å²) in [6, 6.07) is 4.70. The smallest absolute Gasteiger partial charge is 0.326 e. The lowest BCUT2D eigenvalue weighted by Gasteiger charge is -2.28. The molecule has 0 heterocycles. The third-order valence-electron chi connectivity index (χ3n) is 2.86.